The monoisotopic (exact) mass is 378 g/mol. The van der Waals surface area contributed by atoms with Crippen molar-refractivity contribution < 1.29 is 19.7 Å². The van der Waals surface area contributed by atoms with Gasteiger partial charge in [0.15, 0.2) is 0 Å². The maximum Gasteiger partial charge on any atom is 0.323 e. The van der Waals surface area contributed by atoms with E-state index in [4.69, 9.17) is 4.74 Å². The fourth-order valence-corrected chi connectivity index (χ4v) is 2.75. The van der Waals surface area contributed by atoms with Gasteiger partial charge in [-0.2, -0.15) is 0 Å². The van der Waals surface area contributed by atoms with Crippen LogP contribution in [0.5, 0.6) is 11.5 Å². The van der Waals surface area contributed by atoms with Crippen LogP contribution < -0.4 is 15.4 Å². The molecule has 4 N–H and O–H groups in total. The number of carbonyl (C=O) groups excluding carboxylic acids is 1. The number of amides is 2. The van der Waals surface area contributed by atoms with Crippen molar-refractivity contribution in [2.45, 2.75) is 20.1 Å². The van der Waals surface area contributed by atoms with E-state index in [0.29, 0.717) is 28.3 Å². The molecule has 0 unspecified atom stereocenters. The SMILES string of the molecule is Cc1cc(Oc2ccccc2)ccc1NC(=O)Nc1ccc(CO)c(CO)c1. The Morgan fingerprint density at radius 2 is 1.61 bits per heavy atom. The van der Waals surface area contributed by atoms with Gasteiger partial charge in [-0.3, -0.25) is 0 Å². The van der Waals surface area contributed by atoms with Crippen molar-refractivity contribution in [3.63, 3.8) is 0 Å². The van der Waals surface area contributed by atoms with Crippen LogP contribution in [0.1, 0.15) is 16.7 Å². The smallest absolute Gasteiger partial charge is 0.323 e. The average Bonchev–Trinajstić information content (AvgIpc) is 2.70. The van der Waals surface area contributed by atoms with Gasteiger partial charge in [-0.1, -0.05) is 24.3 Å². The van der Waals surface area contributed by atoms with E-state index in [9.17, 15) is 15.0 Å². The molecule has 6 heteroatoms. The number of ether oxygens (including phenoxy) is 1. The Morgan fingerprint density at radius 1 is 0.857 bits per heavy atom. The van der Waals surface area contributed by atoms with Gasteiger partial charge < -0.3 is 25.6 Å². The van der Waals surface area contributed by atoms with E-state index in [2.05, 4.69) is 10.6 Å². The number of benzene rings is 3. The number of hydrogen-bond acceptors (Lipinski definition) is 4. The minimum atomic E-state index is -0.402. The summed E-state index contributed by atoms with van der Waals surface area (Å²) >= 11 is 0. The van der Waals surface area contributed by atoms with Crippen molar-refractivity contribution >= 4 is 17.4 Å². The van der Waals surface area contributed by atoms with Crippen LogP contribution in [0, 0.1) is 6.92 Å². The molecule has 0 saturated carbocycles. The molecule has 0 spiro atoms. The zero-order chi connectivity index (χ0) is 19.9. The first kappa shape index (κ1) is 19.4. The second kappa shape index (κ2) is 9.03. The maximum atomic E-state index is 12.3. The average molecular weight is 378 g/mol. The van der Waals surface area contributed by atoms with Crippen molar-refractivity contribution in [2.75, 3.05) is 10.6 Å². The van der Waals surface area contributed by atoms with E-state index in [-0.39, 0.29) is 13.2 Å². The summed E-state index contributed by atoms with van der Waals surface area (Å²) in [5.41, 5.74) is 3.24. The molecule has 0 aliphatic rings. The second-order valence-corrected chi connectivity index (χ2v) is 6.27. The number of hydrogen-bond donors (Lipinski definition) is 4. The lowest BCUT2D eigenvalue weighted by atomic mass is 10.1. The molecule has 28 heavy (non-hydrogen) atoms. The fraction of sp³-hybridized carbons (Fsp3) is 0.136. The third kappa shape index (κ3) is 4.88. The van der Waals surface area contributed by atoms with Crippen LogP contribution in [-0.2, 0) is 13.2 Å². The van der Waals surface area contributed by atoms with Crippen LogP contribution >= 0.6 is 0 Å². The molecule has 6 nitrogen and oxygen atoms in total. The Bertz CT molecular complexity index is 958. The topological polar surface area (TPSA) is 90.8 Å². The Kier molecular flexibility index (Phi) is 6.26. The Morgan fingerprint density at radius 3 is 2.29 bits per heavy atom. The van der Waals surface area contributed by atoms with E-state index in [0.717, 1.165) is 11.3 Å². The first-order valence-corrected chi connectivity index (χ1v) is 8.84. The van der Waals surface area contributed by atoms with Gasteiger partial charge in [0.05, 0.1) is 13.2 Å². The van der Waals surface area contributed by atoms with Crippen molar-refractivity contribution in [3.05, 3.63) is 83.4 Å². The van der Waals surface area contributed by atoms with Gasteiger partial charge in [-0.25, -0.2) is 4.79 Å². The summed E-state index contributed by atoms with van der Waals surface area (Å²) < 4.78 is 5.79. The van der Waals surface area contributed by atoms with E-state index in [1.807, 2.05) is 43.3 Å². The highest BCUT2D eigenvalue weighted by Gasteiger charge is 2.08. The second-order valence-electron chi connectivity index (χ2n) is 6.27. The number of aliphatic hydroxyl groups is 2. The molecule has 0 atom stereocenters. The zero-order valence-corrected chi connectivity index (χ0v) is 15.5. The van der Waals surface area contributed by atoms with Crippen molar-refractivity contribution in [2.24, 2.45) is 0 Å². The van der Waals surface area contributed by atoms with Crippen LogP contribution in [0.25, 0.3) is 0 Å². The van der Waals surface area contributed by atoms with Gasteiger partial charge in [-0.15, -0.1) is 0 Å². The molecule has 0 aliphatic heterocycles. The zero-order valence-electron chi connectivity index (χ0n) is 15.5. The van der Waals surface area contributed by atoms with E-state index in [1.165, 1.54) is 0 Å². The lowest BCUT2D eigenvalue weighted by Crippen LogP contribution is -2.20. The molecule has 3 rings (SSSR count). The van der Waals surface area contributed by atoms with Crippen LogP contribution in [0.2, 0.25) is 0 Å². The van der Waals surface area contributed by atoms with E-state index >= 15 is 0 Å². The number of para-hydroxylation sites is 1. The third-order valence-corrected chi connectivity index (χ3v) is 4.23. The largest absolute Gasteiger partial charge is 0.457 e. The first-order valence-electron chi connectivity index (χ1n) is 8.84. The van der Waals surface area contributed by atoms with Gasteiger partial charge in [-0.05, 0) is 66.1 Å². The van der Waals surface area contributed by atoms with Gasteiger partial charge in [0, 0.05) is 11.4 Å². The van der Waals surface area contributed by atoms with Gasteiger partial charge in [0.25, 0.3) is 0 Å². The minimum Gasteiger partial charge on any atom is -0.457 e. The molecule has 0 bridgehead atoms. The summed E-state index contributed by atoms with van der Waals surface area (Å²) in [7, 11) is 0. The summed E-state index contributed by atoms with van der Waals surface area (Å²) in [5, 5.41) is 24.1. The van der Waals surface area contributed by atoms with E-state index in [1.54, 1.807) is 30.3 Å². The molecule has 0 radical (unpaired) electrons. The molecule has 0 aliphatic carbocycles. The van der Waals surface area contributed by atoms with Gasteiger partial charge >= 0.3 is 6.03 Å². The molecule has 0 aromatic heterocycles. The fourth-order valence-electron chi connectivity index (χ4n) is 2.75. The highest BCUT2D eigenvalue weighted by molar-refractivity contribution is 6.00. The number of aryl methyl sites for hydroxylation is 1. The van der Waals surface area contributed by atoms with Gasteiger partial charge in [0.2, 0.25) is 0 Å². The quantitative estimate of drug-likeness (QED) is 0.511. The molecule has 3 aromatic rings. The number of nitrogens with one attached hydrogen (secondary N) is 2. The lowest BCUT2D eigenvalue weighted by Gasteiger charge is -2.13. The lowest BCUT2D eigenvalue weighted by molar-refractivity contribution is 0.259. The predicted octanol–water partition coefficient (Wildman–Crippen LogP) is 4.42. The molecular formula is C22H22N2O4. The van der Waals surface area contributed by atoms with Crippen LogP contribution in [-0.4, -0.2) is 16.2 Å². The minimum absolute atomic E-state index is 0.168. The molecule has 0 fully saturated rings. The van der Waals surface area contributed by atoms with Crippen molar-refractivity contribution in [1.29, 1.82) is 0 Å². The number of carbonyl (C=O) groups is 1. The Balaban J connectivity index is 1.65. The highest BCUT2D eigenvalue weighted by Crippen LogP contribution is 2.26. The molecule has 3 aromatic carbocycles. The number of urea groups is 1. The number of anilines is 2. The molecule has 2 amide bonds. The van der Waals surface area contributed by atoms with Crippen molar-refractivity contribution in [1.82, 2.24) is 0 Å². The summed E-state index contributed by atoms with van der Waals surface area (Å²) in [6.07, 6.45) is 0. The summed E-state index contributed by atoms with van der Waals surface area (Å²) in [6, 6.07) is 19.5. The maximum absolute atomic E-state index is 12.3. The Labute approximate surface area is 163 Å². The summed E-state index contributed by atoms with van der Waals surface area (Å²) in [4.78, 5) is 12.3. The highest BCUT2D eigenvalue weighted by atomic mass is 16.5. The summed E-state index contributed by atoms with van der Waals surface area (Å²) in [6.45, 7) is 1.50. The van der Waals surface area contributed by atoms with E-state index < -0.39 is 6.03 Å². The van der Waals surface area contributed by atoms with Crippen molar-refractivity contribution in [3.8, 4) is 11.5 Å². The van der Waals surface area contributed by atoms with Crippen LogP contribution in [0.4, 0.5) is 16.2 Å². The van der Waals surface area contributed by atoms with Crippen LogP contribution in [0.3, 0.4) is 0 Å². The van der Waals surface area contributed by atoms with Gasteiger partial charge in [0.1, 0.15) is 11.5 Å². The standard InChI is InChI=1S/C22H22N2O4/c1-15-11-20(28-19-5-3-2-4-6-19)9-10-21(15)24-22(27)23-18-8-7-16(13-25)17(12-18)14-26/h2-12,25-26H,13-14H2,1H3,(H2,23,24,27). The summed E-state index contributed by atoms with van der Waals surface area (Å²) in [5.74, 6) is 1.42. The predicted molar refractivity (Wildman–Crippen MR) is 109 cm³/mol. The third-order valence-electron chi connectivity index (χ3n) is 4.23. The molecule has 0 saturated heterocycles. The first-order chi connectivity index (χ1) is 13.6. The number of aliphatic hydroxyl groups excluding tert-OH is 2. The number of rotatable bonds is 6. The van der Waals surface area contributed by atoms with Crippen LogP contribution in [0.15, 0.2) is 66.7 Å². The normalized spacial score (nSPS) is 10.4. The molecule has 0 heterocycles. The molecular weight excluding hydrogens is 356 g/mol. The molecule has 144 valence electrons. The Hall–Kier alpha value is -3.35.